The minimum atomic E-state index is 0.611. The third-order valence-electron chi connectivity index (χ3n) is 2.60. The molecule has 0 spiro atoms. The van der Waals surface area contributed by atoms with Crippen LogP contribution < -0.4 is 5.32 Å². The van der Waals surface area contributed by atoms with Crippen LogP contribution >= 0.6 is 0 Å². The van der Waals surface area contributed by atoms with Crippen molar-refractivity contribution < 1.29 is 0 Å². The molecular weight excluding hydrogens is 158 g/mol. The monoisotopic (exact) mass is 177 g/mol. The molecule has 0 unspecified atom stereocenters. The highest BCUT2D eigenvalue weighted by Gasteiger charge is 2.00. The summed E-state index contributed by atoms with van der Waals surface area (Å²) < 4.78 is 0. The first-order chi connectivity index (χ1) is 6.24. The molecule has 0 bridgehead atoms. The number of benzene rings is 1. The molecule has 0 aliphatic heterocycles. The van der Waals surface area contributed by atoms with Gasteiger partial charge in [0.25, 0.3) is 0 Å². The van der Waals surface area contributed by atoms with Gasteiger partial charge in [-0.3, -0.25) is 0 Å². The fourth-order valence-electron chi connectivity index (χ4n) is 1.41. The lowest BCUT2D eigenvalue weighted by molar-refractivity contribution is 0.564. The summed E-state index contributed by atoms with van der Waals surface area (Å²) >= 11 is 0. The maximum atomic E-state index is 3.25. The number of hydrogen-bond donors (Lipinski definition) is 1. The van der Waals surface area contributed by atoms with E-state index in [0.717, 1.165) is 0 Å². The molecule has 1 aromatic rings. The maximum absolute atomic E-state index is 3.25. The van der Waals surface area contributed by atoms with Crippen molar-refractivity contribution in [1.82, 2.24) is 5.32 Å². The van der Waals surface area contributed by atoms with Gasteiger partial charge in [-0.05, 0) is 44.9 Å². The third-order valence-corrected chi connectivity index (χ3v) is 2.60. The second-order valence-electron chi connectivity index (χ2n) is 3.65. The predicted molar refractivity (Wildman–Crippen MR) is 58.0 cm³/mol. The smallest absolute Gasteiger partial charge is 0.00388 e. The van der Waals surface area contributed by atoms with E-state index >= 15 is 0 Å². The maximum Gasteiger partial charge on any atom is 0.00388 e. The largest absolute Gasteiger partial charge is 0.317 e. The van der Waals surface area contributed by atoms with E-state index < -0.39 is 0 Å². The van der Waals surface area contributed by atoms with E-state index in [2.05, 4.69) is 43.4 Å². The molecule has 1 rings (SSSR count). The molecule has 0 aliphatic rings. The minimum absolute atomic E-state index is 0.611. The Morgan fingerprint density at radius 2 is 2.00 bits per heavy atom. The zero-order chi connectivity index (χ0) is 9.68. The van der Waals surface area contributed by atoms with E-state index in [-0.39, 0.29) is 0 Å². The molecule has 0 amide bonds. The summed E-state index contributed by atoms with van der Waals surface area (Å²) in [6, 6.07) is 9.23. The quantitative estimate of drug-likeness (QED) is 0.745. The van der Waals surface area contributed by atoms with Gasteiger partial charge < -0.3 is 5.32 Å². The summed E-state index contributed by atoms with van der Waals surface area (Å²) in [6.45, 7) is 4.40. The highest BCUT2D eigenvalue weighted by molar-refractivity contribution is 5.25. The van der Waals surface area contributed by atoms with Crippen molar-refractivity contribution in [3.8, 4) is 0 Å². The van der Waals surface area contributed by atoms with Crippen LogP contribution in [0.2, 0.25) is 0 Å². The molecule has 1 aromatic carbocycles. The van der Waals surface area contributed by atoms with Gasteiger partial charge in [0.05, 0.1) is 0 Å². The molecule has 0 saturated carbocycles. The molecule has 1 nitrogen and oxygen atoms in total. The van der Waals surface area contributed by atoms with Gasteiger partial charge in [-0.15, -0.1) is 0 Å². The molecule has 1 heteroatoms. The second kappa shape index (κ2) is 5.03. The molecule has 0 heterocycles. The van der Waals surface area contributed by atoms with Crippen LogP contribution in [0, 0.1) is 6.92 Å². The Labute approximate surface area is 81.2 Å². The van der Waals surface area contributed by atoms with Crippen LogP contribution in [-0.2, 0) is 6.42 Å². The van der Waals surface area contributed by atoms with Crippen molar-refractivity contribution in [3.63, 3.8) is 0 Å². The molecule has 72 valence electrons. The Balaban J connectivity index is 2.50. The summed E-state index contributed by atoms with van der Waals surface area (Å²) in [7, 11) is 2.02. The normalized spacial score (nSPS) is 12.8. The molecular formula is C12H19N. The van der Waals surface area contributed by atoms with Crippen LogP contribution in [0.1, 0.15) is 24.5 Å². The molecule has 0 fully saturated rings. The Morgan fingerprint density at radius 3 is 2.62 bits per heavy atom. The SMILES string of the molecule is CN[C@H](C)CCc1ccccc1C. The van der Waals surface area contributed by atoms with E-state index in [4.69, 9.17) is 0 Å². The van der Waals surface area contributed by atoms with Crippen molar-refractivity contribution >= 4 is 0 Å². The number of rotatable bonds is 4. The summed E-state index contributed by atoms with van der Waals surface area (Å²) in [5, 5.41) is 3.25. The summed E-state index contributed by atoms with van der Waals surface area (Å²) in [6.07, 6.45) is 2.38. The van der Waals surface area contributed by atoms with Crippen LogP contribution in [0.25, 0.3) is 0 Å². The van der Waals surface area contributed by atoms with E-state index in [1.54, 1.807) is 0 Å². The van der Waals surface area contributed by atoms with Crippen LogP contribution in [-0.4, -0.2) is 13.1 Å². The third kappa shape index (κ3) is 3.19. The van der Waals surface area contributed by atoms with Crippen LogP contribution in [0.3, 0.4) is 0 Å². The topological polar surface area (TPSA) is 12.0 Å². The van der Waals surface area contributed by atoms with Gasteiger partial charge in [-0.2, -0.15) is 0 Å². The Kier molecular flexibility index (Phi) is 3.97. The van der Waals surface area contributed by atoms with Crippen molar-refractivity contribution in [1.29, 1.82) is 0 Å². The lowest BCUT2D eigenvalue weighted by Crippen LogP contribution is -2.21. The first kappa shape index (κ1) is 10.3. The summed E-state index contributed by atoms with van der Waals surface area (Å²) in [5.41, 5.74) is 2.88. The first-order valence-electron chi connectivity index (χ1n) is 4.96. The number of nitrogens with one attached hydrogen (secondary N) is 1. The van der Waals surface area contributed by atoms with Gasteiger partial charge in [-0.1, -0.05) is 24.3 Å². The first-order valence-corrected chi connectivity index (χ1v) is 4.96. The molecule has 0 saturated heterocycles. The average molecular weight is 177 g/mol. The molecule has 0 aliphatic carbocycles. The van der Waals surface area contributed by atoms with Gasteiger partial charge in [0, 0.05) is 6.04 Å². The van der Waals surface area contributed by atoms with Gasteiger partial charge in [-0.25, -0.2) is 0 Å². The van der Waals surface area contributed by atoms with Gasteiger partial charge in [0.15, 0.2) is 0 Å². The molecule has 1 N–H and O–H groups in total. The van der Waals surface area contributed by atoms with Crippen LogP contribution in [0.5, 0.6) is 0 Å². The molecule has 0 radical (unpaired) electrons. The van der Waals surface area contributed by atoms with Crippen molar-refractivity contribution in [2.24, 2.45) is 0 Å². The Hall–Kier alpha value is -0.820. The highest BCUT2D eigenvalue weighted by atomic mass is 14.8. The Bertz CT molecular complexity index is 255. The summed E-state index contributed by atoms with van der Waals surface area (Å²) in [4.78, 5) is 0. The van der Waals surface area contributed by atoms with Crippen molar-refractivity contribution in [2.75, 3.05) is 7.05 Å². The lowest BCUT2D eigenvalue weighted by Gasteiger charge is -2.10. The van der Waals surface area contributed by atoms with Crippen LogP contribution in [0.4, 0.5) is 0 Å². The zero-order valence-corrected chi connectivity index (χ0v) is 8.80. The minimum Gasteiger partial charge on any atom is -0.317 e. The summed E-state index contributed by atoms with van der Waals surface area (Å²) in [5.74, 6) is 0. The second-order valence-corrected chi connectivity index (χ2v) is 3.65. The van der Waals surface area contributed by atoms with Gasteiger partial charge in [0.1, 0.15) is 0 Å². The van der Waals surface area contributed by atoms with E-state index in [1.165, 1.54) is 24.0 Å². The predicted octanol–water partition coefficient (Wildman–Crippen LogP) is 2.54. The van der Waals surface area contributed by atoms with Crippen molar-refractivity contribution in [3.05, 3.63) is 35.4 Å². The standard InChI is InChI=1S/C12H19N/c1-10-6-4-5-7-12(10)9-8-11(2)13-3/h4-7,11,13H,8-9H2,1-3H3/t11-/m1/s1. The average Bonchev–Trinajstić information content (AvgIpc) is 2.16. The van der Waals surface area contributed by atoms with Crippen LogP contribution in [0.15, 0.2) is 24.3 Å². The fourth-order valence-corrected chi connectivity index (χ4v) is 1.41. The number of aryl methyl sites for hydroxylation is 2. The molecule has 13 heavy (non-hydrogen) atoms. The Morgan fingerprint density at radius 1 is 1.31 bits per heavy atom. The van der Waals surface area contributed by atoms with Gasteiger partial charge >= 0.3 is 0 Å². The van der Waals surface area contributed by atoms with Gasteiger partial charge in [0.2, 0.25) is 0 Å². The van der Waals surface area contributed by atoms with Crippen molar-refractivity contribution in [2.45, 2.75) is 32.7 Å². The lowest BCUT2D eigenvalue weighted by atomic mass is 10.0. The van der Waals surface area contributed by atoms with E-state index in [0.29, 0.717) is 6.04 Å². The highest BCUT2D eigenvalue weighted by Crippen LogP contribution is 2.10. The van der Waals surface area contributed by atoms with E-state index in [1.807, 2.05) is 7.05 Å². The van der Waals surface area contributed by atoms with E-state index in [9.17, 15) is 0 Å². The fraction of sp³-hybridized carbons (Fsp3) is 0.500. The molecule has 1 atom stereocenters. The zero-order valence-electron chi connectivity index (χ0n) is 8.80. The molecule has 0 aromatic heterocycles. The number of hydrogen-bond acceptors (Lipinski definition) is 1.